The van der Waals surface area contributed by atoms with E-state index in [0.29, 0.717) is 41.5 Å². The molecule has 31 heavy (non-hydrogen) atoms. The van der Waals surface area contributed by atoms with Crippen LogP contribution in [0.3, 0.4) is 0 Å². The van der Waals surface area contributed by atoms with Crippen LogP contribution in [0.15, 0.2) is 66.0 Å². The van der Waals surface area contributed by atoms with E-state index in [0.717, 1.165) is 16.7 Å². The van der Waals surface area contributed by atoms with Gasteiger partial charge in [0.25, 0.3) is 0 Å². The Morgan fingerprint density at radius 3 is 2.74 bits per heavy atom. The van der Waals surface area contributed by atoms with Crippen LogP contribution < -0.4 is 11.2 Å². The molecule has 154 valence electrons. The second-order valence-corrected chi connectivity index (χ2v) is 7.33. The van der Waals surface area contributed by atoms with E-state index >= 15 is 0 Å². The maximum Gasteiger partial charge on any atom is 0.350 e. The van der Waals surface area contributed by atoms with Crippen molar-refractivity contribution in [2.24, 2.45) is 0 Å². The highest BCUT2D eigenvalue weighted by Crippen LogP contribution is 2.24. The van der Waals surface area contributed by atoms with E-state index in [4.69, 9.17) is 0 Å². The Hall–Kier alpha value is -4.11. The maximum atomic E-state index is 12.7. The fourth-order valence-corrected chi connectivity index (χ4v) is 3.73. The van der Waals surface area contributed by atoms with Gasteiger partial charge in [0.1, 0.15) is 17.5 Å². The van der Waals surface area contributed by atoms with Crippen LogP contribution in [-0.4, -0.2) is 34.3 Å². The van der Waals surface area contributed by atoms with Gasteiger partial charge < -0.3 is 4.57 Å². The van der Waals surface area contributed by atoms with Gasteiger partial charge in [-0.2, -0.15) is 4.98 Å². The predicted molar refractivity (Wildman–Crippen MR) is 115 cm³/mol. The monoisotopic (exact) mass is 413 g/mol. The van der Waals surface area contributed by atoms with Crippen LogP contribution in [0.2, 0.25) is 0 Å². The summed E-state index contributed by atoms with van der Waals surface area (Å²) < 4.78 is 3.37. The van der Waals surface area contributed by atoms with Crippen molar-refractivity contribution >= 4 is 16.9 Å². The number of hydrogen-bond acceptors (Lipinski definition) is 7. The fourth-order valence-electron chi connectivity index (χ4n) is 3.73. The molecule has 0 amide bonds. The number of imidazole rings is 2. The van der Waals surface area contributed by atoms with Crippen molar-refractivity contribution in [1.29, 1.82) is 0 Å². The van der Waals surface area contributed by atoms with Crippen molar-refractivity contribution in [2.45, 2.75) is 20.0 Å². The molecule has 9 heteroatoms. The zero-order valence-corrected chi connectivity index (χ0v) is 16.7. The molecule has 0 atom stereocenters. The lowest BCUT2D eigenvalue weighted by atomic mass is 10.1. The number of fused-ring (bicyclic) bond motifs is 3. The van der Waals surface area contributed by atoms with Gasteiger partial charge in [-0.1, -0.05) is 48.0 Å². The van der Waals surface area contributed by atoms with Crippen molar-refractivity contribution in [1.82, 2.24) is 29.1 Å². The largest absolute Gasteiger partial charge is 0.350 e. The highest BCUT2D eigenvalue weighted by Gasteiger charge is 2.21. The molecule has 0 saturated carbocycles. The number of rotatable bonds is 5. The lowest BCUT2D eigenvalue weighted by Crippen LogP contribution is -2.17. The molecule has 0 spiro atoms. The van der Waals surface area contributed by atoms with Crippen molar-refractivity contribution in [3.8, 4) is 11.5 Å². The van der Waals surface area contributed by atoms with Gasteiger partial charge in [0, 0.05) is 0 Å². The van der Waals surface area contributed by atoms with E-state index in [1.54, 1.807) is 12.4 Å². The van der Waals surface area contributed by atoms with Gasteiger partial charge >= 0.3 is 5.69 Å². The van der Waals surface area contributed by atoms with Crippen LogP contribution in [0.25, 0.3) is 22.7 Å². The normalized spacial score (nSPS) is 11.3. The lowest BCUT2D eigenvalue weighted by Gasteiger charge is -2.08. The Bertz CT molecular complexity index is 1420. The zero-order chi connectivity index (χ0) is 21.4. The topological polar surface area (TPSA) is 111 Å². The molecule has 2 N–H and O–H groups in total. The molecule has 0 fully saturated rings. The third-order valence-corrected chi connectivity index (χ3v) is 5.20. The quantitative estimate of drug-likeness (QED) is 0.426. The van der Waals surface area contributed by atoms with Crippen LogP contribution in [0.5, 0.6) is 0 Å². The standard InChI is InChI=1S/C22H19N7O2/c1-14-5-4-6-15(9-14)10-29-21-19(26-22(29)30)18-20(23-12-24-21)28(13-25-18)11-16-7-2-3-8-17(16)27-31/h2-9,12-13,27,31H,10-11H2,1H3. The molecule has 0 unspecified atom stereocenters. The summed E-state index contributed by atoms with van der Waals surface area (Å²) in [5, 5.41) is 9.37. The van der Waals surface area contributed by atoms with E-state index in [2.05, 4.69) is 25.4 Å². The first-order chi connectivity index (χ1) is 15.1. The number of nitrogens with zero attached hydrogens (tertiary/aromatic N) is 6. The summed E-state index contributed by atoms with van der Waals surface area (Å²) in [6, 6.07) is 15.4. The summed E-state index contributed by atoms with van der Waals surface area (Å²) in [4.78, 5) is 30.2. The summed E-state index contributed by atoms with van der Waals surface area (Å²) in [5.74, 6) is 0.441. The van der Waals surface area contributed by atoms with Gasteiger partial charge in [0.05, 0.1) is 25.1 Å². The molecule has 2 aliphatic rings. The summed E-state index contributed by atoms with van der Waals surface area (Å²) >= 11 is 0. The highest BCUT2D eigenvalue weighted by atomic mass is 16.5. The Balaban J connectivity index is 1.58. The molecule has 9 nitrogen and oxygen atoms in total. The number of aryl methyl sites for hydroxylation is 1. The molecular weight excluding hydrogens is 394 g/mol. The van der Waals surface area contributed by atoms with Crippen LogP contribution in [0.4, 0.5) is 5.69 Å². The molecule has 3 aromatic rings. The van der Waals surface area contributed by atoms with Crippen molar-refractivity contribution in [3.05, 3.63) is 88.4 Å². The number of anilines is 1. The van der Waals surface area contributed by atoms with Crippen LogP contribution in [-0.2, 0) is 13.1 Å². The third-order valence-electron chi connectivity index (χ3n) is 5.20. The first-order valence-electron chi connectivity index (χ1n) is 9.74. The van der Waals surface area contributed by atoms with Crippen molar-refractivity contribution < 1.29 is 5.21 Å². The molecule has 0 bridgehead atoms. The molecule has 3 heterocycles. The van der Waals surface area contributed by atoms with Gasteiger partial charge in [-0.25, -0.2) is 19.7 Å². The second-order valence-electron chi connectivity index (χ2n) is 7.33. The molecule has 0 radical (unpaired) electrons. The number of para-hydroxylation sites is 1. The average Bonchev–Trinajstić information content (AvgIpc) is 3.23. The smallest absolute Gasteiger partial charge is 0.311 e. The minimum absolute atomic E-state index is 0.367. The van der Waals surface area contributed by atoms with Gasteiger partial charge in [-0.3, -0.25) is 15.3 Å². The number of nitrogens with one attached hydrogen (secondary N) is 1. The summed E-state index contributed by atoms with van der Waals surface area (Å²) in [5.41, 5.74) is 6.86. The number of benzene rings is 2. The number of aromatic nitrogens is 6. The molecule has 0 saturated heterocycles. The first kappa shape index (κ1) is 18.9. The van der Waals surface area contributed by atoms with E-state index < -0.39 is 0 Å². The Kier molecular flexibility index (Phi) is 4.64. The van der Waals surface area contributed by atoms with Gasteiger partial charge in [0.15, 0.2) is 11.5 Å². The van der Waals surface area contributed by atoms with Crippen LogP contribution in [0, 0.1) is 6.92 Å². The second kappa shape index (κ2) is 7.62. The summed E-state index contributed by atoms with van der Waals surface area (Å²) in [7, 11) is 0. The minimum atomic E-state index is -0.374. The zero-order valence-electron chi connectivity index (χ0n) is 16.7. The van der Waals surface area contributed by atoms with Gasteiger partial charge in [-0.05, 0) is 24.1 Å². The maximum absolute atomic E-state index is 12.7. The van der Waals surface area contributed by atoms with Crippen LogP contribution in [0.1, 0.15) is 16.7 Å². The summed E-state index contributed by atoms with van der Waals surface area (Å²) in [6.45, 7) is 2.80. The predicted octanol–water partition coefficient (Wildman–Crippen LogP) is 2.69. The van der Waals surface area contributed by atoms with Gasteiger partial charge in [-0.15, -0.1) is 0 Å². The lowest BCUT2D eigenvalue weighted by molar-refractivity contribution is 0.388. The molecule has 2 aliphatic heterocycles. The van der Waals surface area contributed by atoms with Crippen LogP contribution >= 0.6 is 0 Å². The van der Waals surface area contributed by atoms with Gasteiger partial charge in [0.2, 0.25) is 0 Å². The van der Waals surface area contributed by atoms with E-state index in [-0.39, 0.29) is 5.69 Å². The average molecular weight is 413 g/mol. The SMILES string of the molecule is Cc1cccc(Cn2c3ncnc4c(ncn4Cc4ccccc4NO)c-3nc2=O)c1. The molecular formula is C22H19N7O2. The van der Waals surface area contributed by atoms with Crippen molar-refractivity contribution in [3.63, 3.8) is 0 Å². The Morgan fingerprint density at radius 2 is 1.90 bits per heavy atom. The first-order valence-corrected chi connectivity index (χ1v) is 9.74. The number of hydrogen-bond donors (Lipinski definition) is 2. The minimum Gasteiger partial charge on any atom is -0.311 e. The Labute approximate surface area is 177 Å². The molecule has 1 aromatic heterocycles. The van der Waals surface area contributed by atoms with E-state index in [1.165, 1.54) is 10.9 Å². The molecule has 2 aromatic carbocycles. The molecule has 0 aliphatic carbocycles. The van der Waals surface area contributed by atoms with Crippen molar-refractivity contribution in [2.75, 3.05) is 5.48 Å². The highest BCUT2D eigenvalue weighted by molar-refractivity contribution is 5.85. The summed E-state index contributed by atoms with van der Waals surface area (Å²) in [6.07, 6.45) is 3.07. The molecule has 5 rings (SSSR count). The van der Waals surface area contributed by atoms with E-state index in [9.17, 15) is 10.0 Å². The third kappa shape index (κ3) is 3.40. The Morgan fingerprint density at radius 1 is 1.03 bits per heavy atom. The van der Waals surface area contributed by atoms with E-state index in [1.807, 2.05) is 54.0 Å². The fraction of sp³-hybridized carbons (Fsp3) is 0.136.